The van der Waals surface area contributed by atoms with E-state index in [9.17, 15) is 8.42 Å². The lowest BCUT2D eigenvalue weighted by Crippen LogP contribution is -2.30. The first kappa shape index (κ1) is 15.3. The molecule has 3 N–H and O–H groups in total. The van der Waals surface area contributed by atoms with E-state index in [1.54, 1.807) is 11.8 Å². The van der Waals surface area contributed by atoms with Crippen molar-refractivity contribution in [3.05, 3.63) is 22.2 Å². The molecule has 1 heterocycles. The van der Waals surface area contributed by atoms with E-state index in [0.717, 1.165) is 18.6 Å². The Bertz CT molecular complexity index is 549. The smallest absolute Gasteiger partial charge is 0.243 e. The Hall–Kier alpha value is -0.140. The summed E-state index contributed by atoms with van der Waals surface area (Å²) < 4.78 is 27.0. The molecule has 0 bridgehead atoms. The zero-order valence-corrected chi connectivity index (χ0v) is 13.2. The molecular formula is C11H14Cl2N2O2S2. The zero-order chi connectivity index (χ0) is 14.0. The van der Waals surface area contributed by atoms with Crippen LogP contribution in [0.4, 0.5) is 5.69 Å². The summed E-state index contributed by atoms with van der Waals surface area (Å²) in [6.45, 7) is 0.393. The summed E-state index contributed by atoms with van der Waals surface area (Å²) in [5, 5.41) is 0.397. The van der Waals surface area contributed by atoms with Gasteiger partial charge in [0, 0.05) is 17.5 Å². The zero-order valence-electron chi connectivity index (χ0n) is 10.0. The molecule has 1 aromatic carbocycles. The van der Waals surface area contributed by atoms with Crippen LogP contribution in [0.1, 0.15) is 12.8 Å². The third kappa shape index (κ3) is 3.70. The highest BCUT2D eigenvalue weighted by atomic mass is 35.5. The number of nitrogen functional groups attached to an aromatic ring is 1. The monoisotopic (exact) mass is 340 g/mol. The van der Waals surface area contributed by atoms with Crippen LogP contribution in [0.3, 0.4) is 0 Å². The predicted molar refractivity (Wildman–Crippen MR) is 81.5 cm³/mol. The van der Waals surface area contributed by atoms with Gasteiger partial charge < -0.3 is 5.73 Å². The fourth-order valence-corrected chi connectivity index (χ4v) is 5.53. The summed E-state index contributed by atoms with van der Waals surface area (Å²) in [6, 6.07) is 2.76. The van der Waals surface area contributed by atoms with Gasteiger partial charge in [0.25, 0.3) is 0 Å². The first-order chi connectivity index (χ1) is 8.90. The van der Waals surface area contributed by atoms with E-state index < -0.39 is 10.0 Å². The molecule has 0 aromatic heterocycles. The van der Waals surface area contributed by atoms with Crippen LogP contribution in [-0.4, -0.2) is 26.0 Å². The molecule has 0 amide bonds. The van der Waals surface area contributed by atoms with Gasteiger partial charge in [0.05, 0.1) is 10.0 Å². The van der Waals surface area contributed by atoms with Crippen LogP contribution in [0.15, 0.2) is 17.0 Å². The molecule has 1 unspecified atom stereocenters. The number of benzene rings is 1. The lowest BCUT2D eigenvalue weighted by atomic mass is 10.2. The van der Waals surface area contributed by atoms with Gasteiger partial charge in [0.15, 0.2) is 0 Å². The molecular weight excluding hydrogens is 327 g/mol. The molecule has 8 heteroatoms. The number of anilines is 1. The van der Waals surface area contributed by atoms with E-state index >= 15 is 0 Å². The molecule has 4 nitrogen and oxygen atoms in total. The molecule has 19 heavy (non-hydrogen) atoms. The number of hydrogen-bond donors (Lipinski definition) is 2. The van der Waals surface area contributed by atoms with Crippen molar-refractivity contribution >= 4 is 50.7 Å². The minimum absolute atomic E-state index is 0.0385. The first-order valence-electron chi connectivity index (χ1n) is 5.76. The van der Waals surface area contributed by atoms with Crippen molar-refractivity contribution < 1.29 is 8.42 Å². The van der Waals surface area contributed by atoms with Crippen molar-refractivity contribution in [3.63, 3.8) is 0 Å². The molecule has 0 radical (unpaired) electrons. The minimum Gasteiger partial charge on any atom is -0.399 e. The van der Waals surface area contributed by atoms with E-state index in [2.05, 4.69) is 4.72 Å². The van der Waals surface area contributed by atoms with Gasteiger partial charge in [-0.25, -0.2) is 13.1 Å². The minimum atomic E-state index is -3.71. The Morgan fingerprint density at radius 2 is 2.00 bits per heavy atom. The summed E-state index contributed by atoms with van der Waals surface area (Å²) in [4.78, 5) is -0.104. The maximum Gasteiger partial charge on any atom is 0.243 e. The van der Waals surface area contributed by atoms with E-state index in [-0.39, 0.29) is 14.9 Å². The van der Waals surface area contributed by atoms with Crippen LogP contribution in [-0.2, 0) is 10.0 Å². The molecule has 0 saturated carbocycles. The highest BCUT2D eigenvalue weighted by Crippen LogP contribution is 2.32. The molecule has 0 spiro atoms. The number of nitrogens with one attached hydrogen (secondary N) is 1. The molecule has 0 aliphatic carbocycles. The van der Waals surface area contributed by atoms with E-state index in [1.807, 2.05) is 0 Å². The van der Waals surface area contributed by atoms with Crippen molar-refractivity contribution in [2.24, 2.45) is 0 Å². The number of nitrogens with two attached hydrogens (primary N) is 1. The SMILES string of the molecule is Nc1cc(Cl)c(S(=O)(=O)NCC2CCCS2)c(Cl)c1. The quantitative estimate of drug-likeness (QED) is 0.826. The highest BCUT2D eigenvalue weighted by Gasteiger charge is 2.24. The standard InChI is InChI=1S/C11H14Cl2N2O2S2/c12-9-4-7(14)5-10(13)11(9)19(16,17)15-6-8-2-1-3-18-8/h4-5,8,15H,1-3,6,14H2. The Labute approximate surface area is 127 Å². The number of halogens is 2. The summed E-state index contributed by atoms with van der Waals surface area (Å²) >= 11 is 13.6. The normalized spacial score (nSPS) is 19.8. The summed E-state index contributed by atoms with van der Waals surface area (Å²) in [5.74, 6) is 1.08. The van der Waals surface area contributed by atoms with E-state index in [4.69, 9.17) is 28.9 Å². The predicted octanol–water partition coefficient (Wildman–Crippen LogP) is 2.75. The van der Waals surface area contributed by atoms with Gasteiger partial charge in [0.2, 0.25) is 10.0 Å². The average molecular weight is 341 g/mol. The van der Waals surface area contributed by atoms with Crippen molar-refractivity contribution in [2.45, 2.75) is 23.0 Å². The molecule has 1 aliphatic heterocycles. The largest absolute Gasteiger partial charge is 0.399 e. The third-order valence-electron chi connectivity index (χ3n) is 2.81. The van der Waals surface area contributed by atoms with Crippen molar-refractivity contribution in [1.29, 1.82) is 0 Å². The second-order valence-corrected chi connectivity index (χ2v) is 8.23. The summed E-state index contributed by atoms with van der Waals surface area (Å²) in [5.41, 5.74) is 5.89. The van der Waals surface area contributed by atoms with Crippen LogP contribution in [0.5, 0.6) is 0 Å². The number of sulfonamides is 1. The van der Waals surface area contributed by atoms with Gasteiger partial charge >= 0.3 is 0 Å². The second-order valence-electron chi connectivity index (χ2n) is 4.30. The highest BCUT2D eigenvalue weighted by molar-refractivity contribution is 8.00. The molecule has 1 fully saturated rings. The van der Waals surface area contributed by atoms with Gasteiger partial charge in [-0.15, -0.1) is 0 Å². The lowest BCUT2D eigenvalue weighted by Gasteiger charge is -2.13. The molecule has 106 valence electrons. The topological polar surface area (TPSA) is 72.2 Å². The first-order valence-corrected chi connectivity index (χ1v) is 9.05. The van der Waals surface area contributed by atoms with Crippen LogP contribution < -0.4 is 10.5 Å². The molecule has 1 aromatic rings. The maximum absolute atomic E-state index is 12.2. The van der Waals surface area contributed by atoms with Gasteiger partial charge in [-0.2, -0.15) is 11.8 Å². The van der Waals surface area contributed by atoms with Crippen LogP contribution >= 0.6 is 35.0 Å². The fourth-order valence-electron chi connectivity index (χ4n) is 1.92. The van der Waals surface area contributed by atoms with E-state index in [1.165, 1.54) is 12.1 Å². The molecule has 1 aliphatic rings. The maximum atomic E-state index is 12.2. The summed E-state index contributed by atoms with van der Waals surface area (Å²) in [7, 11) is -3.71. The fraction of sp³-hybridized carbons (Fsp3) is 0.455. The second kappa shape index (κ2) is 6.10. The molecule has 2 rings (SSSR count). The van der Waals surface area contributed by atoms with Crippen LogP contribution in [0.2, 0.25) is 10.0 Å². The Morgan fingerprint density at radius 3 is 2.53 bits per heavy atom. The number of thioether (sulfide) groups is 1. The van der Waals surface area contributed by atoms with Crippen molar-refractivity contribution in [3.8, 4) is 0 Å². The van der Waals surface area contributed by atoms with Gasteiger partial charge in [-0.3, -0.25) is 0 Å². The lowest BCUT2D eigenvalue weighted by molar-refractivity contribution is 0.579. The van der Waals surface area contributed by atoms with Crippen LogP contribution in [0, 0.1) is 0 Å². The van der Waals surface area contributed by atoms with Crippen molar-refractivity contribution in [2.75, 3.05) is 18.0 Å². The number of hydrogen-bond acceptors (Lipinski definition) is 4. The van der Waals surface area contributed by atoms with Gasteiger partial charge in [0.1, 0.15) is 4.90 Å². The van der Waals surface area contributed by atoms with Crippen LogP contribution in [0.25, 0.3) is 0 Å². The average Bonchev–Trinajstić information content (AvgIpc) is 2.77. The van der Waals surface area contributed by atoms with Crippen molar-refractivity contribution in [1.82, 2.24) is 4.72 Å². The molecule has 1 saturated heterocycles. The van der Waals surface area contributed by atoms with Gasteiger partial charge in [-0.05, 0) is 30.7 Å². The Balaban J connectivity index is 2.19. The molecule has 1 atom stereocenters. The Kier molecular flexibility index (Phi) is 4.89. The number of rotatable bonds is 4. The summed E-state index contributed by atoms with van der Waals surface area (Å²) in [6.07, 6.45) is 2.15. The third-order valence-corrected chi connectivity index (χ3v) is 6.56. The Morgan fingerprint density at radius 1 is 1.37 bits per heavy atom. The van der Waals surface area contributed by atoms with Gasteiger partial charge in [-0.1, -0.05) is 23.2 Å². The van der Waals surface area contributed by atoms with E-state index in [0.29, 0.717) is 17.5 Å².